The zero-order valence-electron chi connectivity index (χ0n) is 14.9. The lowest BCUT2D eigenvalue weighted by Gasteiger charge is -2.24. The quantitative estimate of drug-likeness (QED) is 0.802. The molecule has 1 amide bonds. The molecule has 0 aliphatic carbocycles. The van der Waals surface area contributed by atoms with Crippen molar-refractivity contribution in [2.24, 2.45) is 4.99 Å². The fourth-order valence-corrected chi connectivity index (χ4v) is 3.09. The van der Waals surface area contributed by atoms with Gasteiger partial charge in [-0.2, -0.15) is 0 Å². The zero-order valence-corrected chi connectivity index (χ0v) is 14.9. The van der Waals surface area contributed by atoms with Crippen molar-refractivity contribution in [1.29, 1.82) is 0 Å². The van der Waals surface area contributed by atoms with Crippen LogP contribution in [0, 0.1) is 0 Å². The summed E-state index contributed by atoms with van der Waals surface area (Å²) in [6, 6.07) is 8.59. The summed E-state index contributed by atoms with van der Waals surface area (Å²) in [7, 11) is 1.33. The molecule has 0 aromatic heterocycles. The molecule has 140 valence electrons. The summed E-state index contributed by atoms with van der Waals surface area (Å²) in [4.78, 5) is 28.2. The monoisotopic (exact) mass is 361 g/mol. The number of carbonyl (C=O) groups is 2. The predicted octanol–water partition coefficient (Wildman–Crippen LogP) is 1.65. The minimum Gasteiger partial charge on any atom is -0.474 e. The van der Waals surface area contributed by atoms with Crippen LogP contribution in [0.25, 0.3) is 0 Å². The highest BCUT2D eigenvalue weighted by Crippen LogP contribution is 2.24. The molecule has 26 heavy (non-hydrogen) atoms. The molecule has 2 aliphatic rings. The maximum Gasteiger partial charge on any atom is 0.422 e. The summed E-state index contributed by atoms with van der Waals surface area (Å²) in [5.41, 5.74) is 3.66. The molecule has 2 heterocycles. The number of hydrogen-bond donors (Lipinski definition) is 1. The van der Waals surface area contributed by atoms with Crippen LogP contribution < -0.4 is 5.43 Å². The number of amides is 1. The van der Waals surface area contributed by atoms with E-state index in [0.717, 1.165) is 18.4 Å². The molecule has 0 saturated carbocycles. The molecule has 3 atom stereocenters. The summed E-state index contributed by atoms with van der Waals surface area (Å²) in [6.45, 7) is 2.63. The van der Waals surface area contributed by atoms with E-state index in [9.17, 15) is 9.59 Å². The van der Waals surface area contributed by atoms with Crippen molar-refractivity contribution in [2.45, 2.75) is 44.6 Å². The predicted molar refractivity (Wildman–Crippen MR) is 93.3 cm³/mol. The third-order valence-corrected chi connectivity index (χ3v) is 4.45. The van der Waals surface area contributed by atoms with E-state index in [1.165, 1.54) is 7.11 Å². The standard InChI is InChI=1S/C18H23N3O5/c1-12-15(17(22)24-2)19-16(26-12)14-9-6-10-21(14)20-18(23)25-11-13-7-4-3-5-8-13/h3-5,7-8,12,14-15H,6,9-11H2,1-2H3,(H,20,23)/t12-,14-,15-/m0/s1. The van der Waals surface area contributed by atoms with E-state index in [0.29, 0.717) is 12.4 Å². The molecule has 8 heteroatoms. The van der Waals surface area contributed by atoms with Crippen molar-refractivity contribution >= 4 is 18.0 Å². The highest BCUT2D eigenvalue weighted by molar-refractivity contribution is 5.89. The smallest absolute Gasteiger partial charge is 0.422 e. The van der Waals surface area contributed by atoms with Gasteiger partial charge in [0.15, 0.2) is 6.04 Å². The second kappa shape index (κ2) is 8.18. The van der Waals surface area contributed by atoms with E-state index < -0.39 is 18.1 Å². The number of hydrazine groups is 1. The average Bonchev–Trinajstić information content (AvgIpc) is 3.26. The molecule has 3 rings (SSSR count). The van der Waals surface area contributed by atoms with Crippen molar-refractivity contribution in [1.82, 2.24) is 10.4 Å². The Morgan fingerprint density at radius 3 is 2.85 bits per heavy atom. The maximum atomic E-state index is 12.1. The van der Waals surface area contributed by atoms with Gasteiger partial charge < -0.3 is 14.2 Å². The first-order chi connectivity index (χ1) is 12.6. The molecule has 1 aromatic carbocycles. The fraction of sp³-hybridized carbons (Fsp3) is 0.500. The summed E-state index contributed by atoms with van der Waals surface area (Å²) >= 11 is 0. The highest BCUT2D eigenvalue weighted by atomic mass is 16.6. The Morgan fingerprint density at radius 2 is 2.12 bits per heavy atom. The average molecular weight is 361 g/mol. The number of benzene rings is 1. The van der Waals surface area contributed by atoms with Crippen molar-refractivity contribution in [2.75, 3.05) is 13.7 Å². The molecule has 0 bridgehead atoms. The van der Waals surface area contributed by atoms with E-state index in [-0.39, 0.29) is 18.8 Å². The minimum atomic E-state index is -0.664. The third-order valence-electron chi connectivity index (χ3n) is 4.45. The number of nitrogens with zero attached hydrogens (tertiary/aromatic N) is 2. The summed E-state index contributed by atoms with van der Waals surface area (Å²) in [5, 5.41) is 1.75. The fourth-order valence-electron chi connectivity index (χ4n) is 3.09. The van der Waals surface area contributed by atoms with Crippen molar-refractivity contribution < 1.29 is 23.8 Å². The van der Waals surface area contributed by atoms with Crippen LogP contribution in [0.3, 0.4) is 0 Å². The number of nitrogens with one attached hydrogen (secondary N) is 1. The number of esters is 1. The van der Waals surface area contributed by atoms with Crippen molar-refractivity contribution in [3.05, 3.63) is 35.9 Å². The van der Waals surface area contributed by atoms with Gasteiger partial charge in [-0.05, 0) is 25.3 Å². The van der Waals surface area contributed by atoms with Crippen molar-refractivity contribution in [3.63, 3.8) is 0 Å². The van der Waals surface area contributed by atoms with Crippen LogP contribution >= 0.6 is 0 Å². The summed E-state index contributed by atoms with van der Waals surface area (Å²) in [6.07, 6.45) is 0.740. The Morgan fingerprint density at radius 1 is 1.35 bits per heavy atom. The first-order valence-corrected chi connectivity index (χ1v) is 8.64. The van der Waals surface area contributed by atoms with E-state index in [1.807, 2.05) is 30.3 Å². The number of hydrogen-bond acceptors (Lipinski definition) is 7. The topological polar surface area (TPSA) is 89.5 Å². The van der Waals surface area contributed by atoms with Gasteiger partial charge in [0.25, 0.3) is 0 Å². The second-order valence-electron chi connectivity index (χ2n) is 6.28. The lowest BCUT2D eigenvalue weighted by molar-refractivity contribution is -0.143. The van der Waals surface area contributed by atoms with Crippen molar-refractivity contribution in [3.8, 4) is 0 Å². The van der Waals surface area contributed by atoms with Gasteiger partial charge in [0.1, 0.15) is 18.8 Å². The Labute approximate surface area is 152 Å². The largest absolute Gasteiger partial charge is 0.474 e. The van der Waals surface area contributed by atoms with Crippen LogP contribution in [-0.4, -0.2) is 54.8 Å². The normalized spacial score (nSPS) is 25.3. The van der Waals surface area contributed by atoms with Crippen LogP contribution in [0.2, 0.25) is 0 Å². The van der Waals surface area contributed by atoms with Gasteiger partial charge in [-0.1, -0.05) is 30.3 Å². The Balaban J connectivity index is 1.56. The first kappa shape index (κ1) is 18.2. The lowest BCUT2D eigenvalue weighted by Crippen LogP contribution is -2.48. The number of ether oxygens (including phenoxy) is 3. The van der Waals surface area contributed by atoms with E-state index in [4.69, 9.17) is 14.2 Å². The van der Waals surface area contributed by atoms with Crippen LogP contribution in [0.4, 0.5) is 4.79 Å². The molecular formula is C18H23N3O5. The SMILES string of the molecule is COC(=O)[C@H]1N=C([C@@H]2CCCN2NC(=O)OCc2ccccc2)O[C@H]1C. The first-order valence-electron chi connectivity index (χ1n) is 8.64. The zero-order chi connectivity index (χ0) is 18.5. The van der Waals surface area contributed by atoms with Crippen LogP contribution in [0.5, 0.6) is 0 Å². The van der Waals surface area contributed by atoms with Gasteiger partial charge in [-0.3, -0.25) is 5.43 Å². The van der Waals surface area contributed by atoms with E-state index in [1.54, 1.807) is 11.9 Å². The van der Waals surface area contributed by atoms with Gasteiger partial charge in [0.2, 0.25) is 5.90 Å². The Bertz CT molecular complexity index is 679. The van der Waals surface area contributed by atoms with Gasteiger partial charge in [-0.25, -0.2) is 19.6 Å². The maximum absolute atomic E-state index is 12.1. The third kappa shape index (κ3) is 4.13. The molecule has 1 saturated heterocycles. The van der Waals surface area contributed by atoms with Crippen LogP contribution in [0.1, 0.15) is 25.3 Å². The molecule has 1 fully saturated rings. The molecular weight excluding hydrogens is 338 g/mol. The Hall–Kier alpha value is -2.61. The Kier molecular flexibility index (Phi) is 5.72. The van der Waals surface area contributed by atoms with Gasteiger partial charge in [-0.15, -0.1) is 0 Å². The molecule has 0 radical (unpaired) electrons. The van der Waals surface area contributed by atoms with Gasteiger partial charge in [0.05, 0.1) is 7.11 Å². The number of methoxy groups -OCH3 is 1. The van der Waals surface area contributed by atoms with E-state index in [2.05, 4.69) is 10.4 Å². The summed E-state index contributed by atoms with van der Waals surface area (Å²) in [5.74, 6) is 0.0287. The molecule has 0 unspecified atom stereocenters. The molecule has 8 nitrogen and oxygen atoms in total. The highest BCUT2D eigenvalue weighted by Gasteiger charge is 2.40. The van der Waals surface area contributed by atoms with Crippen LogP contribution in [0.15, 0.2) is 35.3 Å². The van der Waals surface area contributed by atoms with Crippen LogP contribution in [-0.2, 0) is 25.6 Å². The van der Waals surface area contributed by atoms with E-state index >= 15 is 0 Å². The number of rotatable bonds is 5. The summed E-state index contributed by atoms with van der Waals surface area (Å²) < 4.78 is 15.7. The molecule has 1 N–H and O–H groups in total. The molecule has 2 aliphatic heterocycles. The second-order valence-corrected chi connectivity index (χ2v) is 6.28. The lowest BCUT2D eigenvalue weighted by atomic mass is 10.2. The van der Waals surface area contributed by atoms with Gasteiger partial charge in [0, 0.05) is 6.54 Å². The molecule has 1 aromatic rings. The van der Waals surface area contributed by atoms with Gasteiger partial charge >= 0.3 is 12.1 Å². The number of carbonyl (C=O) groups excluding carboxylic acids is 2. The molecule has 0 spiro atoms. The minimum absolute atomic E-state index is 0.198. The number of aliphatic imine (C=N–C) groups is 1.